The van der Waals surface area contributed by atoms with Crippen molar-refractivity contribution < 1.29 is 43.1 Å². The Labute approximate surface area is 250 Å². The molecule has 0 saturated heterocycles. The maximum absolute atomic E-state index is 13.3. The molecule has 0 atom stereocenters. The highest BCUT2D eigenvalue weighted by Gasteiger charge is 2.19. The van der Waals surface area contributed by atoms with Crippen molar-refractivity contribution in [3.8, 4) is 34.5 Å². The van der Waals surface area contributed by atoms with Gasteiger partial charge in [0.2, 0.25) is 0 Å². The molecule has 0 radical (unpaired) electrons. The molecule has 3 rings (SSSR count). The number of rotatable bonds is 14. The van der Waals surface area contributed by atoms with E-state index in [4.69, 9.17) is 28.4 Å². The average molecular weight is 587 g/mol. The first-order chi connectivity index (χ1) is 20.8. The Hall–Kier alpha value is -5.44. The van der Waals surface area contributed by atoms with Crippen molar-refractivity contribution in [1.29, 1.82) is 0 Å². The third-order valence-electron chi connectivity index (χ3n) is 6.26. The van der Waals surface area contributed by atoms with Gasteiger partial charge in [-0.05, 0) is 71.3 Å². The second-order valence-corrected chi connectivity index (χ2v) is 8.83. The number of carbonyl (C=O) groups excluding carboxylic acids is 2. The van der Waals surface area contributed by atoms with Gasteiger partial charge < -0.3 is 33.5 Å². The Morgan fingerprint density at radius 3 is 1.09 bits per heavy atom. The first kappa shape index (κ1) is 32.1. The fourth-order valence-electron chi connectivity index (χ4n) is 4.01. The molecule has 0 aliphatic carbocycles. The molecule has 0 saturated carbocycles. The Bertz CT molecular complexity index is 1500. The molecular formula is C34H34O9. The third kappa shape index (κ3) is 8.29. The van der Waals surface area contributed by atoms with Crippen molar-refractivity contribution in [2.75, 3.05) is 42.7 Å². The summed E-state index contributed by atoms with van der Waals surface area (Å²) in [5.41, 5.74) is 1.47. The summed E-state index contributed by atoms with van der Waals surface area (Å²) in [6, 6.07) is 15.3. The summed E-state index contributed by atoms with van der Waals surface area (Å²) >= 11 is 0. The van der Waals surface area contributed by atoms with Crippen molar-refractivity contribution in [2.45, 2.75) is 0 Å². The number of hydrogen-bond acceptors (Lipinski definition) is 9. The first-order valence-corrected chi connectivity index (χ1v) is 13.0. The summed E-state index contributed by atoms with van der Waals surface area (Å²) in [4.78, 5) is 26.7. The molecule has 0 spiro atoms. The van der Waals surface area contributed by atoms with Crippen LogP contribution in [0.1, 0.15) is 16.7 Å². The molecule has 43 heavy (non-hydrogen) atoms. The van der Waals surface area contributed by atoms with Crippen molar-refractivity contribution in [2.24, 2.45) is 0 Å². The molecule has 9 nitrogen and oxygen atoms in total. The quantitative estimate of drug-likeness (QED) is 0.0784. The fraction of sp³-hybridized carbons (Fsp3) is 0.176. The van der Waals surface area contributed by atoms with Crippen LogP contribution in [0.15, 0.2) is 84.2 Å². The third-order valence-corrected chi connectivity index (χ3v) is 6.26. The minimum atomic E-state index is -0.703. The molecule has 0 amide bonds. The van der Waals surface area contributed by atoms with Crippen LogP contribution in [-0.4, -0.2) is 59.3 Å². The van der Waals surface area contributed by atoms with Crippen LogP contribution in [0.5, 0.6) is 34.5 Å². The lowest BCUT2D eigenvalue weighted by Crippen LogP contribution is -2.11. The fourth-order valence-corrected chi connectivity index (χ4v) is 4.01. The lowest BCUT2D eigenvalue weighted by Gasteiger charge is -2.08. The van der Waals surface area contributed by atoms with E-state index in [9.17, 15) is 14.7 Å². The molecule has 9 heteroatoms. The maximum atomic E-state index is 13.3. The summed E-state index contributed by atoms with van der Waals surface area (Å²) in [5.74, 6) is 1.10. The van der Waals surface area contributed by atoms with E-state index >= 15 is 0 Å². The van der Waals surface area contributed by atoms with Crippen molar-refractivity contribution >= 4 is 29.8 Å². The Morgan fingerprint density at radius 1 is 0.488 bits per heavy atom. The zero-order valence-corrected chi connectivity index (χ0v) is 24.9. The standard InChI is InChI=1S/C34H34O9/c1-38-28-16-10-22(19-31(28)41-4)7-13-25(35)34(26(36)14-8-23-11-17-29(39-2)32(20-23)42-5)27(37)15-9-24-12-18-30(40-3)33(21-24)43-6/h7-21,35H,1-6H3/b13-7+,14-8+,15-9+. The Kier molecular flexibility index (Phi) is 11.6. The second-order valence-electron chi connectivity index (χ2n) is 8.83. The first-order valence-electron chi connectivity index (χ1n) is 13.0. The summed E-state index contributed by atoms with van der Waals surface area (Å²) in [6.07, 6.45) is 8.27. The highest BCUT2D eigenvalue weighted by molar-refractivity contribution is 6.29. The van der Waals surface area contributed by atoms with Gasteiger partial charge in [-0.2, -0.15) is 0 Å². The molecule has 0 aliphatic rings. The summed E-state index contributed by atoms with van der Waals surface area (Å²) < 4.78 is 31.7. The minimum absolute atomic E-state index is 0.426. The molecule has 0 unspecified atom stereocenters. The zero-order valence-electron chi connectivity index (χ0n) is 24.9. The van der Waals surface area contributed by atoms with Crippen molar-refractivity contribution in [1.82, 2.24) is 0 Å². The van der Waals surface area contributed by atoms with E-state index in [1.165, 1.54) is 73.0 Å². The van der Waals surface area contributed by atoms with E-state index < -0.39 is 22.9 Å². The number of benzene rings is 3. The molecular weight excluding hydrogens is 552 g/mol. The summed E-state index contributed by atoms with van der Waals surface area (Å²) in [5, 5.41) is 11.0. The predicted molar refractivity (Wildman–Crippen MR) is 165 cm³/mol. The van der Waals surface area contributed by atoms with E-state index in [2.05, 4.69) is 0 Å². The molecule has 0 heterocycles. The van der Waals surface area contributed by atoms with Crippen LogP contribution in [0.25, 0.3) is 18.2 Å². The van der Waals surface area contributed by atoms with Crippen molar-refractivity contribution in [3.05, 3.63) is 101 Å². The maximum Gasteiger partial charge on any atom is 0.193 e. The molecule has 0 aliphatic heterocycles. The van der Waals surface area contributed by atoms with E-state index in [-0.39, 0.29) is 0 Å². The summed E-state index contributed by atoms with van der Waals surface area (Å²) in [6.45, 7) is 0. The van der Waals surface area contributed by atoms with Gasteiger partial charge in [0.15, 0.2) is 46.1 Å². The van der Waals surface area contributed by atoms with Gasteiger partial charge in [-0.1, -0.05) is 36.4 Å². The summed E-state index contributed by atoms with van der Waals surface area (Å²) in [7, 11) is 9.08. The zero-order chi connectivity index (χ0) is 31.4. The topological polar surface area (TPSA) is 110 Å². The van der Waals surface area contributed by atoms with E-state index in [1.54, 1.807) is 60.7 Å². The Balaban J connectivity index is 1.99. The predicted octanol–water partition coefficient (Wildman–Crippen LogP) is 6.13. The smallest absolute Gasteiger partial charge is 0.193 e. The van der Waals surface area contributed by atoms with Crippen LogP contribution in [-0.2, 0) is 9.59 Å². The van der Waals surface area contributed by atoms with Crippen LogP contribution in [0.4, 0.5) is 0 Å². The van der Waals surface area contributed by atoms with Gasteiger partial charge in [-0.3, -0.25) is 9.59 Å². The van der Waals surface area contributed by atoms with Gasteiger partial charge in [-0.25, -0.2) is 0 Å². The van der Waals surface area contributed by atoms with Crippen LogP contribution in [0.3, 0.4) is 0 Å². The monoisotopic (exact) mass is 586 g/mol. The molecule has 224 valence electrons. The van der Waals surface area contributed by atoms with Crippen LogP contribution in [0.2, 0.25) is 0 Å². The number of allylic oxidation sites excluding steroid dienone is 4. The number of carbonyl (C=O) groups is 2. The highest BCUT2D eigenvalue weighted by atomic mass is 16.5. The highest BCUT2D eigenvalue weighted by Crippen LogP contribution is 2.30. The van der Waals surface area contributed by atoms with E-state index in [0.29, 0.717) is 51.2 Å². The van der Waals surface area contributed by atoms with Crippen LogP contribution < -0.4 is 28.4 Å². The average Bonchev–Trinajstić information content (AvgIpc) is 3.04. The minimum Gasteiger partial charge on any atom is -0.507 e. The molecule has 0 fully saturated rings. The van der Waals surface area contributed by atoms with Gasteiger partial charge in [0, 0.05) is 0 Å². The number of hydrogen-bond donors (Lipinski definition) is 1. The van der Waals surface area contributed by atoms with Crippen LogP contribution in [0, 0.1) is 0 Å². The van der Waals surface area contributed by atoms with Crippen molar-refractivity contribution in [3.63, 3.8) is 0 Å². The Morgan fingerprint density at radius 2 is 0.791 bits per heavy atom. The van der Waals surface area contributed by atoms with Gasteiger partial charge in [0.25, 0.3) is 0 Å². The number of ketones is 2. The SMILES string of the molecule is COc1ccc(/C=C/C(=O)C(C(=O)/C=C/c2ccc(OC)c(OC)c2)=C(O)/C=C/c2ccc(OC)c(OC)c2)cc1OC. The number of aliphatic hydroxyl groups is 1. The number of methoxy groups -OCH3 is 6. The molecule has 3 aromatic rings. The molecule has 0 bridgehead atoms. The lowest BCUT2D eigenvalue weighted by molar-refractivity contribution is -0.117. The van der Waals surface area contributed by atoms with Gasteiger partial charge in [-0.15, -0.1) is 0 Å². The van der Waals surface area contributed by atoms with Crippen LogP contribution >= 0.6 is 0 Å². The lowest BCUT2D eigenvalue weighted by atomic mass is 10.0. The van der Waals surface area contributed by atoms with Gasteiger partial charge in [0.05, 0.1) is 42.7 Å². The molecule has 3 aromatic carbocycles. The second kappa shape index (κ2) is 15.5. The normalized spacial score (nSPS) is 11.0. The molecule has 1 N–H and O–H groups in total. The number of ether oxygens (including phenoxy) is 6. The van der Waals surface area contributed by atoms with Gasteiger partial charge >= 0.3 is 0 Å². The molecule has 0 aromatic heterocycles. The van der Waals surface area contributed by atoms with E-state index in [1.807, 2.05) is 0 Å². The largest absolute Gasteiger partial charge is 0.507 e. The van der Waals surface area contributed by atoms with Gasteiger partial charge in [0.1, 0.15) is 11.3 Å². The van der Waals surface area contributed by atoms with E-state index in [0.717, 1.165) is 0 Å². The number of aliphatic hydroxyl groups excluding tert-OH is 1.